The van der Waals surface area contributed by atoms with Gasteiger partial charge in [-0.15, -0.1) is 0 Å². The zero-order valence-electron chi connectivity index (χ0n) is 9.83. The molecule has 0 heterocycles. The number of hydrogen-bond acceptors (Lipinski definition) is 2. The highest BCUT2D eigenvalue weighted by Crippen LogP contribution is 2.29. The van der Waals surface area contributed by atoms with Crippen molar-refractivity contribution in [2.24, 2.45) is 5.92 Å². The second kappa shape index (κ2) is 6.03. The van der Waals surface area contributed by atoms with Gasteiger partial charge in [0.1, 0.15) is 0 Å². The van der Waals surface area contributed by atoms with Crippen LogP contribution < -0.4 is 4.72 Å². The van der Waals surface area contributed by atoms with E-state index in [1.807, 2.05) is 0 Å². The maximum absolute atomic E-state index is 12.1. The molecule has 0 unspecified atom stereocenters. The van der Waals surface area contributed by atoms with Crippen molar-refractivity contribution in [3.63, 3.8) is 0 Å². The summed E-state index contributed by atoms with van der Waals surface area (Å²) in [6, 6.07) is 5.14. The van der Waals surface area contributed by atoms with Gasteiger partial charge in [0.25, 0.3) is 0 Å². The Bertz CT molecular complexity index is 527. The number of rotatable bonds is 5. The molecule has 1 fully saturated rings. The number of hydrogen-bond donors (Lipinski definition) is 1. The summed E-state index contributed by atoms with van der Waals surface area (Å²) in [5.74, 6) is 0.707. The summed E-state index contributed by atoms with van der Waals surface area (Å²) in [5.41, 5.74) is 0. The van der Waals surface area contributed by atoms with E-state index < -0.39 is 10.0 Å². The Kier molecular flexibility index (Phi) is 4.86. The minimum Gasteiger partial charge on any atom is -0.211 e. The monoisotopic (exact) mass is 395 g/mol. The van der Waals surface area contributed by atoms with Gasteiger partial charge in [0.15, 0.2) is 0 Å². The third-order valence-electron chi connectivity index (χ3n) is 3.25. The van der Waals surface area contributed by atoms with Crippen molar-refractivity contribution in [3.8, 4) is 0 Å². The Morgan fingerprint density at radius 2 is 2.00 bits per heavy atom. The minimum atomic E-state index is -3.42. The summed E-state index contributed by atoms with van der Waals surface area (Å²) in [7, 11) is -3.42. The highest BCUT2D eigenvalue weighted by molar-refractivity contribution is 9.11. The molecule has 1 aliphatic rings. The van der Waals surface area contributed by atoms with Gasteiger partial charge < -0.3 is 0 Å². The third-order valence-corrected chi connectivity index (χ3v) is 6.20. The molecule has 1 aromatic rings. The van der Waals surface area contributed by atoms with Crippen molar-refractivity contribution in [3.05, 3.63) is 27.1 Å². The minimum absolute atomic E-state index is 0.283. The molecule has 100 valence electrons. The zero-order chi connectivity index (χ0) is 13.2. The van der Waals surface area contributed by atoms with Gasteiger partial charge in [-0.1, -0.05) is 35.2 Å². The third kappa shape index (κ3) is 3.56. The van der Waals surface area contributed by atoms with E-state index in [-0.39, 0.29) is 4.90 Å². The van der Waals surface area contributed by atoms with Crippen molar-refractivity contribution in [2.75, 3.05) is 6.54 Å². The number of halogens is 2. The van der Waals surface area contributed by atoms with Crippen LogP contribution in [0.15, 0.2) is 32.0 Å². The lowest BCUT2D eigenvalue weighted by molar-refractivity contribution is 0.297. The van der Waals surface area contributed by atoms with Gasteiger partial charge in [0.05, 0.1) is 4.90 Å². The average molecular weight is 397 g/mol. The second-order valence-electron chi connectivity index (χ2n) is 4.56. The van der Waals surface area contributed by atoms with Crippen LogP contribution in [0.5, 0.6) is 0 Å². The van der Waals surface area contributed by atoms with E-state index in [1.165, 1.54) is 19.3 Å². The Labute approximate surface area is 125 Å². The van der Waals surface area contributed by atoms with Gasteiger partial charge in [-0.25, -0.2) is 13.1 Å². The molecule has 1 saturated carbocycles. The van der Waals surface area contributed by atoms with E-state index in [2.05, 4.69) is 36.6 Å². The number of nitrogens with one attached hydrogen (secondary N) is 1. The molecule has 0 atom stereocenters. The SMILES string of the molecule is O=S(=O)(NCCC1CCC1)c1cc(Br)ccc1Br. The first kappa shape index (κ1) is 14.5. The molecule has 0 aliphatic heterocycles. The lowest BCUT2D eigenvalue weighted by Crippen LogP contribution is -2.27. The first-order valence-corrected chi connectivity index (χ1v) is 9.01. The topological polar surface area (TPSA) is 46.2 Å². The summed E-state index contributed by atoms with van der Waals surface area (Å²) in [6.07, 6.45) is 4.70. The molecule has 1 aromatic carbocycles. The maximum atomic E-state index is 12.1. The summed E-state index contributed by atoms with van der Waals surface area (Å²) >= 11 is 6.56. The summed E-state index contributed by atoms with van der Waals surface area (Å²) in [5, 5.41) is 0. The maximum Gasteiger partial charge on any atom is 0.241 e. The molecule has 0 amide bonds. The molecule has 1 aliphatic carbocycles. The normalized spacial score (nSPS) is 16.6. The van der Waals surface area contributed by atoms with Gasteiger partial charge in [-0.2, -0.15) is 0 Å². The van der Waals surface area contributed by atoms with E-state index in [1.54, 1.807) is 18.2 Å². The van der Waals surface area contributed by atoms with Crippen molar-refractivity contribution < 1.29 is 8.42 Å². The van der Waals surface area contributed by atoms with Crippen LogP contribution in [-0.4, -0.2) is 15.0 Å². The lowest BCUT2D eigenvalue weighted by Gasteiger charge is -2.25. The standard InChI is InChI=1S/C12H15Br2NO2S/c13-10-4-5-11(14)12(8-10)18(16,17)15-7-6-9-2-1-3-9/h4-5,8-9,15H,1-3,6-7H2. The van der Waals surface area contributed by atoms with Crippen molar-refractivity contribution in [1.82, 2.24) is 4.72 Å². The van der Waals surface area contributed by atoms with Crippen LogP contribution in [0.25, 0.3) is 0 Å². The van der Waals surface area contributed by atoms with Gasteiger partial charge >= 0.3 is 0 Å². The van der Waals surface area contributed by atoms with Crippen LogP contribution in [0.3, 0.4) is 0 Å². The van der Waals surface area contributed by atoms with Crippen molar-refractivity contribution >= 4 is 41.9 Å². The van der Waals surface area contributed by atoms with Gasteiger partial charge in [-0.3, -0.25) is 0 Å². The first-order valence-electron chi connectivity index (χ1n) is 5.94. The highest BCUT2D eigenvalue weighted by Gasteiger charge is 2.20. The summed E-state index contributed by atoms with van der Waals surface area (Å²) in [4.78, 5) is 0.283. The Hall–Kier alpha value is 0.0900. The van der Waals surface area contributed by atoms with Gasteiger partial charge in [-0.05, 0) is 46.5 Å². The van der Waals surface area contributed by atoms with Crippen LogP contribution in [-0.2, 0) is 10.0 Å². The van der Waals surface area contributed by atoms with Gasteiger partial charge in [0, 0.05) is 15.5 Å². The Morgan fingerprint density at radius 1 is 1.28 bits per heavy atom. The fraction of sp³-hybridized carbons (Fsp3) is 0.500. The molecule has 1 N–H and O–H groups in total. The summed E-state index contributed by atoms with van der Waals surface area (Å²) < 4.78 is 28.3. The Balaban J connectivity index is 2.02. The van der Waals surface area contributed by atoms with E-state index in [9.17, 15) is 8.42 Å². The quantitative estimate of drug-likeness (QED) is 0.824. The fourth-order valence-electron chi connectivity index (χ4n) is 1.94. The highest BCUT2D eigenvalue weighted by atomic mass is 79.9. The molecular formula is C12H15Br2NO2S. The number of benzene rings is 1. The van der Waals surface area contributed by atoms with Gasteiger partial charge in [0.2, 0.25) is 10.0 Å². The smallest absolute Gasteiger partial charge is 0.211 e. The average Bonchev–Trinajstić information content (AvgIpc) is 2.25. The second-order valence-corrected chi connectivity index (χ2v) is 8.06. The molecule has 18 heavy (non-hydrogen) atoms. The summed E-state index contributed by atoms with van der Waals surface area (Å²) in [6.45, 7) is 0.520. The van der Waals surface area contributed by atoms with Crippen LogP contribution in [0.4, 0.5) is 0 Å². The molecule has 2 rings (SSSR count). The molecule has 6 heteroatoms. The lowest BCUT2D eigenvalue weighted by atomic mass is 9.83. The van der Waals surface area contributed by atoms with Crippen molar-refractivity contribution in [1.29, 1.82) is 0 Å². The van der Waals surface area contributed by atoms with E-state index in [4.69, 9.17) is 0 Å². The number of sulfonamides is 1. The first-order chi connectivity index (χ1) is 8.49. The Morgan fingerprint density at radius 3 is 2.61 bits per heavy atom. The van der Waals surface area contributed by atoms with Crippen LogP contribution in [0.2, 0.25) is 0 Å². The molecule has 0 spiro atoms. The van der Waals surface area contributed by atoms with Crippen LogP contribution >= 0.6 is 31.9 Å². The molecular weight excluding hydrogens is 382 g/mol. The molecule has 3 nitrogen and oxygen atoms in total. The van der Waals surface area contributed by atoms with E-state index >= 15 is 0 Å². The fourth-order valence-corrected chi connectivity index (χ4v) is 4.49. The van der Waals surface area contributed by atoms with Crippen LogP contribution in [0, 0.1) is 5.92 Å². The van der Waals surface area contributed by atoms with Crippen molar-refractivity contribution in [2.45, 2.75) is 30.6 Å². The van der Waals surface area contributed by atoms with E-state index in [0.717, 1.165) is 10.9 Å². The zero-order valence-corrected chi connectivity index (χ0v) is 13.8. The molecule has 0 radical (unpaired) electrons. The molecule has 0 aromatic heterocycles. The molecule has 0 saturated heterocycles. The predicted molar refractivity (Wildman–Crippen MR) is 79.0 cm³/mol. The molecule has 0 bridgehead atoms. The van der Waals surface area contributed by atoms with Crippen LogP contribution in [0.1, 0.15) is 25.7 Å². The largest absolute Gasteiger partial charge is 0.241 e. The van der Waals surface area contributed by atoms with E-state index in [0.29, 0.717) is 16.9 Å². The predicted octanol–water partition coefficient (Wildman–Crippen LogP) is 3.68.